The van der Waals surface area contributed by atoms with E-state index in [0.29, 0.717) is 5.92 Å². The number of nitrogens with zero attached hydrogens (tertiary/aromatic N) is 2. The molecule has 2 heterocycles. The first-order valence-corrected chi connectivity index (χ1v) is 22.7. The Balaban J connectivity index is 0.000000201. The van der Waals surface area contributed by atoms with Gasteiger partial charge in [0.05, 0.1) is 0 Å². The van der Waals surface area contributed by atoms with Crippen LogP contribution in [0.3, 0.4) is 0 Å². The first-order chi connectivity index (χ1) is 21.3. The second kappa shape index (κ2) is 16.1. The maximum atomic E-state index is 4.68. The minimum absolute atomic E-state index is 0. The monoisotopic (exact) mass is 827 g/mol. The number of rotatable bonds is 7. The summed E-state index contributed by atoms with van der Waals surface area (Å²) in [6.07, 6.45) is 4.89. The molecule has 4 aromatic carbocycles. The summed E-state index contributed by atoms with van der Waals surface area (Å²) in [4.78, 5) is 9.17. The van der Waals surface area contributed by atoms with Gasteiger partial charge in [-0.1, -0.05) is 55.8 Å². The molecule has 1 radical (unpaired) electrons. The number of benzene rings is 4. The fourth-order valence-electron chi connectivity index (χ4n) is 4.98. The molecule has 0 atom stereocenters. The molecule has 2 nitrogen and oxygen atoms in total. The van der Waals surface area contributed by atoms with Crippen molar-refractivity contribution in [3.8, 4) is 33.6 Å². The van der Waals surface area contributed by atoms with Crippen LogP contribution in [-0.4, -0.2) is 23.2 Å². The van der Waals surface area contributed by atoms with Crippen molar-refractivity contribution in [1.82, 2.24) is 9.97 Å². The second-order valence-electron chi connectivity index (χ2n) is 12.4. The van der Waals surface area contributed by atoms with Crippen LogP contribution < -0.4 is 4.40 Å². The van der Waals surface area contributed by atoms with Gasteiger partial charge in [-0.25, -0.2) is 0 Å². The molecule has 0 aliphatic rings. The number of pyridine rings is 2. The molecular formula is C41H40GeIrN2-2. The number of hydrogen-bond acceptors (Lipinski definition) is 2. The van der Waals surface area contributed by atoms with Crippen LogP contribution in [0, 0.1) is 12.1 Å². The summed E-state index contributed by atoms with van der Waals surface area (Å²) in [5.74, 6) is 7.68. The zero-order valence-corrected chi connectivity index (χ0v) is 31.2. The van der Waals surface area contributed by atoms with Crippen LogP contribution in [0.2, 0.25) is 17.3 Å². The van der Waals surface area contributed by atoms with Gasteiger partial charge in [-0.15, -0.1) is 35.4 Å². The molecule has 0 aliphatic heterocycles. The van der Waals surface area contributed by atoms with Gasteiger partial charge < -0.3 is 4.98 Å². The molecule has 6 rings (SSSR count). The molecule has 0 saturated carbocycles. The molecular weight excluding hydrogens is 785 g/mol. The largest absolute Gasteiger partial charge is 0 e. The van der Waals surface area contributed by atoms with Crippen molar-refractivity contribution in [2.45, 2.75) is 43.5 Å². The van der Waals surface area contributed by atoms with E-state index in [0.717, 1.165) is 28.9 Å². The summed E-state index contributed by atoms with van der Waals surface area (Å²) in [5, 5.41) is 0. The standard InChI is InChI=1S/C21H22GeN.C20H18N.Ir/c1-22(2,3)20-12-13-21(23-16-20)19-11-7-10-18(15-19)14-17-8-5-4-6-9-17;1-15(2)17-11-12-21-20(14-17)19-10-6-9-18(13-19)16-7-4-3-5-8-16;/h4-10,12-13,15-16H,14H2,1-3H3;3-9,11-15H,1-2H3;/q2*-1;. The Bertz CT molecular complexity index is 1780. The van der Waals surface area contributed by atoms with Crippen molar-refractivity contribution >= 4 is 17.7 Å². The molecule has 229 valence electrons. The fraction of sp³-hybridized carbons (Fsp3) is 0.171. The van der Waals surface area contributed by atoms with Crippen LogP contribution >= 0.6 is 0 Å². The van der Waals surface area contributed by atoms with Gasteiger partial charge in [0.15, 0.2) is 0 Å². The van der Waals surface area contributed by atoms with Crippen molar-refractivity contribution in [3.63, 3.8) is 0 Å². The smallest absolute Gasteiger partial charge is 0 e. The van der Waals surface area contributed by atoms with E-state index in [4.69, 9.17) is 0 Å². The van der Waals surface area contributed by atoms with Gasteiger partial charge in [0.2, 0.25) is 0 Å². The van der Waals surface area contributed by atoms with E-state index in [-0.39, 0.29) is 20.1 Å². The summed E-state index contributed by atoms with van der Waals surface area (Å²) in [5.41, 5.74) is 10.4. The van der Waals surface area contributed by atoms with Gasteiger partial charge in [0.25, 0.3) is 0 Å². The molecule has 6 aromatic rings. The Labute approximate surface area is 285 Å². The van der Waals surface area contributed by atoms with Crippen LogP contribution in [0.5, 0.6) is 0 Å². The maximum absolute atomic E-state index is 4.68. The van der Waals surface area contributed by atoms with E-state index in [1.165, 1.54) is 32.2 Å². The summed E-state index contributed by atoms with van der Waals surface area (Å²) < 4.78 is 1.44. The topological polar surface area (TPSA) is 25.8 Å². The first-order valence-electron chi connectivity index (χ1n) is 15.3. The average Bonchev–Trinajstić information content (AvgIpc) is 3.06. The third-order valence-electron chi connectivity index (χ3n) is 7.66. The van der Waals surface area contributed by atoms with Crippen molar-refractivity contribution in [2.75, 3.05) is 0 Å². The molecule has 0 aliphatic carbocycles. The van der Waals surface area contributed by atoms with Crippen molar-refractivity contribution in [1.29, 1.82) is 0 Å². The molecule has 2 aromatic heterocycles. The Morgan fingerprint density at radius 2 is 1.29 bits per heavy atom. The van der Waals surface area contributed by atoms with E-state index >= 15 is 0 Å². The first kappa shape index (κ1) is 34.2. The van der Waals surface area contributed by atoms with Crippen LogP contribution in [0.1, 0.15) is 36.5 Å². The van der Waals surface area contributed by atoms with Gasteiger partial charge in [0, 0.05) is 26.3 Å². The predicted molar refractivity (Wildman–Crippen MR) is 189 cm³/mol. The SMILES string of the molecule is CC(C)c1ccnc(-c2[c-]ccc(-c3ccccc3)c2)c1.[CH3][Ge]([CH3])([CH3])[c]1ccc(-c2[c-]ccc(Cc3ccccc3)c2)nc1.[Ir]. The zero-order chi connectivity index (χ0) is 30.9. The molecule has 4 heteroatoms. The number of aromatic nitrogens is 2. The molecule has 0 N–H and O–H groups in total. The van der Waals surface area contributed by atoms with E-state index in [9.17, 15) is 0 Å². The minimum Gasteiger partial charge on any atom is 0 e. The van der Waals surface area contributed by atoms with Crippen LogP contribution in [0.25, 0.3) is 33.6 Å². The van der Waals surface area contributed by atoms with Crippen LogP contribution in [0.4, 0.5) is 0 Å². The van der Waals surface area contributed by atoms with E-state index in [1.807, 2.05) is 24.4 Å². The second-order valence-corrected chi connectivity index (χ2v) is 23.1. The summed E-state index contributed by atoms with van der Waals surface area (Å²) in [6.45, 7) is 4.40. The summed E-state index contributed by atoms with van der Waals surface area (Å²) >= 11 is -1.79. The van der Waals surface area contributed by atoms with Crippen LogP contribution in [0.15, 0.2) is 134 Å². The van der Waals surface area contributed by atoms with E-state index in [1.54, 1.807) is 0 Å². The molecule has 0 spiro atoms. The average molecular weight is 826 g/mol. The molecule has 0 bridgehead atoms. The van der Waals surface area contributed by atoms with Gasteiger partial charge in [-0.2, -0.15) is 0 Å². The predicted octanol–water partition coefficient (Wildman–Crippen LogP) is 10.0. The van der Waals surface area contributed by atoms with E-state index < -0.39 is 13.3 Å². The molecule has 0 fully saturated rings. The minimum atomic E-state index is -1.79. The van der Waals surface area contributed by atoms with Crippen LogP contribution in [-0.2, 0) is 26.5 Å². The Hall–Kier alpha value is -3.63. The van der Waals surface area contributed by atoms with E-state index in [2.05, 4.69) is 163 Å². The Morgan fingerprint density at radius 1 is 0.622 bits per heavy atom. The van der Waals surface area contributed by atoms with Gasteiger partial charge >= 0.3 is 142 Å². The molecule has 45 heavy (non-hydrogen) atoms. The maximum Gasteiger partial charge on any atom is 0 e. The molecule has 0 saturated heterocycles. The van der Waals surface area contributed by atoms with Gasteiger partial charge in [-0.3, -0.25) is 0 Å². The Kier molecular flexibility index (Phi) is 12.2. The third-order valence-corrected chi connectivity index (χ3v) is 11.9. The summed E-state index contributed by atoms with van der Waals surface area (Å²) in [7, 11) is 0. The summed E-state index contributed by atoms with van der Waals surface area (Å²) in [6, 6.07) is 48.8. The Morgan fingerprint density at radius 3 is 1.93 bits per heavy atom. The van der Waals surface area contributed by atoms with Crippen molar-refractivity contribution in [2.24, 2.45) is 0 Å². The van der Waals surface area contributed by atoms with Gasteiger partial charge in [-0.05, 0) is 23.2 Å². The fourth-order valence-corrected chi connectivity index (χ4v) is 7.15. The number of hydrogen-bond donors (Lipinski definition) is 0. The third kappa shape index (κ3) is 9.68. The van der Waals surface area contributed by atoms with Gasteiger partial charge in [0.1, 0.15) is 0 Å². The molecule has 0 unspecified atom stereocenters. The normalized spacial score (nSPS) is 10.9. The van der Waals surface area contributed by atoms with Crippen molar-refractivity contribution < 1.29 is 20.1 Å². The van der Waals surface area contributed by atoms with Crippen molar-refractivity contribution in [3.05, 3.63) is 163 Å². The zero-order valence-electron chi connectivity index (χ0n) is 26.7. The molecule has 0 amide bonds. The quantitative estimate of drug-likeness (QED) is 0.118.